The summed E-state index contributed by atoms with van der Waals surface area (Å²) in [5.74, 6) is -0.609. The third-order valence-corrected chi connectivity index (χ3v) is 3.26. The zero-order valence-corrected chi connectivity index (χ0v) is 12.3. The van der Waals surface area contributed by atoms with Crippen LogP contribution in [0.3, 0.4) is 0 Å². The fourth-order valence-corrected chi connectivity index (χ4v) is 2.11. The van der Waals surface area contributed by atoms with Crippen LogP contribution in [0.1, 0.15) is 18.5 Å². The standard InChI is InChI=1S/C16H16ClFN2O/c1-11(12-4-2-5-13(17)8-12)19-10-16(21)20-15-7-3-6-14(18)9-15/h2-9,11,19H,10H2,1H3,(H,20,21)/t11-/m0/s1. The number of benzene rings is 2. The van der Waals surface area contributed by atoms with Crippen LogP contribution < -0.4 is 10.6 Å². The molecule has 0 spiro atoms. The van der Waals surface area contributed by atoms with E-state index in [1.54, 1.807) is 18.2 Å². The van der Waals surface area contributed by atoms with E-state index < -0.39 is 0 Å². The van der Waals surface area contributed by atoms with Crippen LogP contribution in [0.4, 0.5) is 10.1 Å². The second kappa shape index (κ2) is 7.20. The first-order valence-corrected chi connectivity index (χ1v) is 6.96. The Balaban J connectivity index is 1.86. The van der Waals surface area contributed by atoms with Crippen LogP contribution in [0.2, 0.25) is 5.02 Å². The molecule has 1 amide bonds. The molecule has 0 unspecified atom stereocenters. The average molecular weight is 307 g/mol. The predicted molar refractivity (Wildman–Crippen MR) is 82.9 cm³/mol. The summed E-state index contributed by atoms with van der Waals surface area (Å²) < 4.78 is 13.0. The van der Waals surface area contributed by atoms with Crippen LogP contribution in [0, 0.1) is 5.82 Å². The number of amides is 1. The summed E-state index contributed by atoms with van der Waals surface area (Å²) in [4.78, 5) is 11.8. The first kappa shape index (κ1) is 15.5. The molecule has 2 aromatic carbocycles. The van der Waals surface area contributed by atoms with Gasteiger partial charge in [-0.1, -0.05) is 29.8 Å². The lowest BCUT2D eigenvalue weighted by Crippen LogP contribution is -2.30. The largest absolute Gasteiger partial charge is 0.325 e. The van der Waals surface area contributed by atoms with Crippen molar-refractivity contribution in [1.29, 1.82) is 0 Å². The maximum absolute atomic E-state index is 13.0. The number of hydrogen-bond acceptors (Lipinski definition) is 2. The molecule has 2 aromatic rings. The fraction of sp³-hybridized carbons (Fsp3) is 0.188. The third kappa shape index (κ3) is 4.85. The van der Waals surface area contributed by atoms with E-state index in [2.05, 4.69) is 10.6 Å². The van der Waals surface area contributed by atoms with Crippen molar-refractivity contribution in [3.63, 3.8) is 0 Å². The van der Waals surface area contributed by atoms with E-state index in [-0.39, 0.29) is 24.3 Å². The minimum Gasteiger partial charge on any atom is -0.325 e. The first-order chi connectivity index (χ1) is 10.0. The lowest BCUT2D eigenvalue weighted by Gasteiger charge is -2.14. The third-order valence-electron chi connectivity index (χ3n) is 3.03. The Labute approximate surface area is 128 Å². The molecule has 0 radical (unpaired) electrons. The fourth-order valence-electron chi connectivity index (χ4n) is 1.91. The molecule has 2 rings (SSSR count). The predicted octanol–water partition coefficient (Wildman–Crippen LogP) is 3.77. The van der Waals surface area contributed by atoms with Crippen LogP contribution in [0.25, 0.3) is 0 Å². The van der Waals surface area contributed by atoms with Gasteiger partial charge in [-0.3, -0.25) is 4.79 Å². The highest BCUT2D eigenvalue weighted by Gasteiger charge is 2.08. The number of carbonyl (C=O) groups is 1. The summed E-state index contributed by atoms with van der Waals surface area (Å²) in [6.45, 7) is 2.07. The van der Waals surface area contributed by atoms with Crippen LogP contribution in [-0.4, -0.2) is 12.5 Å². The molecular formula is C16H16ClFN2O. The van der Waals surface area contributed by atoms with E-state index in [4.69, 9.17) is 11.6 Å². The maximum Gasteiger partial charge on any atom is 0.238 e. The van der Waals surface area contributed by atoms with Gasteiger partial charge >= 0.3 is 0 Å². The lowest BCUT2D eigenvalue weighted by molar-refractivity contribution is -0.115. The minimum absolute atomic E-state index is 0.0121. The van der Waals surface area contributed by atoms with Crippen molar-refractivity contribution < 1.29 is 9.18 Å². The first-order valence-electron chi connectivity index (χ1n) is 6.59. The number of anilines is 1. The quantitative estimate of drug-likeness (QED) is 0.883. The monoisotopic (exact) mass is 306 g/mol. The molecule has 0 saturated carbocycles. The minimum atomic E-state index is -0.381. The normalized spacial score (nSPS) is 12.0. The van der Waals surface area contributed by atoms with Crippen LogP contribution >= 0.6 is 11.6 Å². The van der Waals surface area contributed by atoms with Crippen molar-refractivity contribution in [3.8, 4) is 0 Å². The van der Waals surface area contributed by atoms with Gasteiger partial charge in [-0.05, 0) is 42.8 Å². The number of carbonyl (C=O) groups excluding carboxylic acids is 1. The zero-order chi connectivity index (χ0) is 15.2. The van der Waals surface area contributed by atoms with Gasteiger partial charge in [0.2, 0.25) is 5.91 Å². The molecule has 0 bridgehead atoms. The highest BCUT2D eigenvalue weighted by molar-refractivity contribution is 6.30. The maximum atomic E-state index is 13.0. The molecule has 5 heteroatoms. The topological polar surface area (TPSA) is 41.1 Å². The summed E-state index contributed by atoms with van der Waals surface area (Å²) in [7, 11) is 0. The average Bonchev–Trinajstić information content (AvgIpc) is 2.45. The highest BCUT2D eigenvalue weighted by Crippen LogP contribution is 2.17. The van der Waals surface area contributed by atoms with Crippen LogP contribution in [0.15, 0.2) is 48.5 Å². The SMILES string of the molecule is C[C@H](NCC(=O)Nc1cccc(F)c1)c1cccc(Cl)c1. The molecule has 0 heterocycles. The Kier molecular flexibility index (Phi) is 5.31. The molecule has 0 fully saturated rings. The van der Waals surface area contributed by atoms with Crippen molar-refractivity contribution in [2.75, 3.05) is 11.9 Å². The lowest BCUT2D eigenvalue weighted by atomic mass is 10.1. The molecule has 3 nitrogen and oxygen atoms in total. The Bertz CT molecular complexity index is 633. The molecular weight excluding hydrogens is 291 g/mol. The number of hydrogen-bond donors (Lipinski definition) is 2. The van der Waals surface area contributed by atoms with Gasteiger partial charge in [-0.15, -0.1) is 0 Å². The van der Waals surface area contributed by atoms with Gasteiger partial charge in [-0.25, -0.2) is 4.39 Å². The van der Waals surface area contributed by atoms with Gasteiger partial charge in [0.15, 0.2) is 0 Å². The molecule has 0 saturated heterocycles. The van der Waals surface area contributed by atoms with Crippen molar-refractivity contribution in [2.24, 2.45) is 0 Å². The Morgan fingerprint density at radius 2 is 2.00 bits per heavy atom. The number of nitrogens with one attached hydrogen (secondary N) is 2. The van der Waals surface area contributed by atoms with Crippen molar-refractivity contribution in [2.45, 2.75) is 13.0 Å². The van der Waals surface area contributed by atoms with E-state index in [0.717, 1.165) is 5.56 Å². The van der Waals surface area contributed by atoms with Gasteiger partial charge in [0.25, 0.3) is 0 Å². The van der Waals surface area contributed by atoms with Crippen LogP contribution in [0.5, 0.6) is 0 Å². The van der Waals surface area contributed by atoms with E-state index in [0.29, 0.717) is 10.7 Å². The van der Waals surface area contributed by atoms with E-state index in [9.17, 15) is 9.18 Å². The second-order valence-corrected chi connectivity index (χ2v) is 5.15. The molecule has 1 atom stereocenters. The summed E-state index contributed by atoms with van der Waals surface area (Å²) in [5, 5.41) is 6.39. The van der Waals surface area contributed by atoms with Crippen LogP contribution in [-0.2, 0) is 4.79 Å². The van der Waals surface area contributed by atoms with Crippen molar-refractivity contribution in [3.05, 3.63) is 64.9 Å². The second-order valence-electron chi connectivity index (χ2n) is 4.72. The molecule has 2 N–H and O–H groups in total. The Morgan fingerprint density at radius 1 is 1.24 bits per heavy atom. The molecule has 21 heavy (non-hydrogen) atoms. The number of rotatable bonds is 5. The molecule has 0 aliphatic heterocycles. The van der Waals surface area contributed by atoms with Gasteiger partial charge in [-0.2, -0.15) is 0 Å². The van der Waals surface area contributed by atoms with Gasteiger partial charge < -0.3 is 10.6 Å². The number of halogens is 2. The van der Waals surface area contributed by atoms with Gasteiger partial charge in [0.05, 0.1) is 6.54 Å². The van der Waals surface area contributed by atoms with Crippen molar-refractivity contribution in [1.82, 2.24) is 5.32 Å². The van der Waals surface area contributed by atoms with Crippen molar-refractivity contribution >= 4 is 23.2 Å². The summed E-state index contributed by atoms with van der Waals surface area (Å²) in [5.41, 5.74) is 1.44. The zero-order valence-electron chi connectivity index (χ0n) is 11.6. The molecule has 0 aliphatic carbocycles. The summed E-state index contributed by atoms with van der Waals surface area (Å²) in [6, 6.07) is 13.2. The molecule has 110 valence electrons. The van der Waals surface area contributed by atoms with E-state index in [1.807, 2.05) is 25.1 Å². The highest BCUT2D eigenvalue weighted by atomic mass is 35.5. The van der Waals surface area contributed by atoms with Gasteiger partial charge in [0.1, 0.15) is 5.82 Å². The summed E-state index contributed by atoms with van der Waals surface area (Å²) >= 11 is 5.93. The van der Waals surface area contributed by atoms with Gasteiger partial charge in [0, 0.05) is 16.8 Å². The Morgan fingerprint density at radius 3 is 2.71 bits per heavy atom. The molecule has 0 aliphatic rings. The smallest absolute Gasteiger partial charge is 0.238 e. The molecule has 0 aromatic heterocycles. The van der Waals surface area contributed by atoms with E-state index in [1.165, 1.54) is 12.1 Å². The van der Waals surface area contributed by atoms with E-state index >= 15 is 0 Å². The Hall–Kier alpha value is -1.91. The summed E-state index contributed by atoms with van der Waals surface area (Å²) in [6.07, 6.45) is 0.